The Bertz CT molecular complexity index is 982. The third kappa shape index (κ3) is 5.44. The molecule has 7 nitrogen and oxygen atoms in total. The minimum Gasteiger partial charge on any atom is -0.378 e. The number of hydrogen-bond donors (Lipinski definition) is 0. The Balaban J connectivity index is 1.70. The van der Waals surface area contributed by atoms with Crippen LogP contribution in [-0.4, -0.2) is 70.0 Å². The van der Waals surface area contributed by atoms with Gasteiger partial charge in [0.15, 0.2) is 0 Å². The highest BCUT2D eigenvalue weighted by atomic mass is 32.2. The zero-order valence-corrected chi connectivity index (χ0v) is 19.3. The highest BCUT2D eigenvalue weighted by Crippen LogP contribution is 2.20. The first-order valence-electron chi connectivity index (χ1n) is 10.6. The lowest BCUT2D eigenvalue weighted by atomic mass is 10.1. The molecule has 0 unspecified atom stereocenters. The number of benzene rings is 2. The number of hydrogen-bond acceptors (Lipinski definition) is 5. The highest BCUT2D eigenvalue weighted by Gasteiger charge is 2.23. The molecular formula is C23H31N3O4S. The van der Waals surface area contributed by atoms with E-state index < -0.39 is 10.0 Å². The average Bonchev–Trinajstić information content (AvgIpc) is 2.80. The average molecular weight is 446 g/mol. The molecule has 2 aromatic rings. The van der Waals surface area contributed by atoms with E-state index in [2.05, 4.69) is 17.0 Å². The molecule has 0 aromatic heterocycles. The van der Waals surface area contributed by atoms with E-state index in [0.29, 0.717) is 25.2 Å². The van der Waals surface area contributed by atoms with E-state index in [1.807, 2.05) is 12.1 Å². The molecule has 0 N–H and O–H groups in total. The topological polar surface area (TPSA) is 70.2 Å². The van der Waals surface area contributed by atoms with Crippen LogP contribution in [0.4, 0.5) is 5.69 Å². The molecule has 3 rings (SSSR count). The molecule has 0 aliphatic carbocycles. The summed E-state index contributed by atoms with van der Waals surface area (Å²) in [5, 5.41) is 0. The first kappa shape index (κ1) is 23.2. The van der Waals surface area contributed by atoms with Crippen LogP contribution in [0.15, 0.2) is 53.4 Å². The molecular weight excluding hydrogens is 414 g/mol. The smallest absolute Gasteiger partial charge is 0.253 e. The standard InChI is InChI=1S/C23H31N3O4S/c1-4-26(5-2)31(28,29)22-8-6-7-20(17-22)23(27)24(3)18-19-9-11-21(12-10-19)25-13-15-30-16-14-25/h6-12,17H,4-5,13-16,18H2,1-3H3. The van der Waals surface area contributed by atoms with Gasteiger partial charge in [0.2, 0.25) is 10.0 Å². The second kappa shape index (κ2) is 10.3. The Morgan fingerprint density at radius 2 is 1.68 bits per heavy atom. The number of morpholine rings is 1. The Hall–Kier alpha value is -2.42. The normalized spacial score (nSPS) is 14.6. The molecule has 1 amide bonds. The van der Waals surface area contributed by atoms with Gasteiger partial charge in [-0.3, -0.25) is 4.79 Å². The molecule has 0 spiro atoms. The van der Waals surface area contributed by atoms with Crippen molar-refractivity contribution in [2.45, 2.75) is 25.3 Å². The monoisotopic (exact) mass is 445 g/mol. The first-order chi connectivity index (χ1) is 14.9. The van der Waals surface area contributed by atoms with Gasteiger partial charge in [-0.25, -0.2) is 8.42 Å². The second-order valence-electron chi connectivity index (χ2n) is 7.54. The van der Waals surface area contributed by atoms with E-state index in [9.17, 15) is 13.2 Å². The second-order valence-corrected chi connectivity index (χ2v) is 9.48. The van der Waals surface area contributed by atoms with Gasteiger partial charge < -0.3 is 14.5 Å². The summed E-state index contributed by atoms with van der Waals surface area (Å²) >= 11 is 0. The third-order valence-corrected chi connectivity index (χ3v) is 7.55. The van der Waals surface area contributed by atoms with Crippen LogP contribution in [0.25, 0.3) is 0 Å². The summed E-state index contributed by atoms with van der Waals surface area (Å²) in [6.45, 7) is 8.05. The molecule has 31 heavy (non-hydrogen) atoms. The van der Waals surface area contributed by atoms with Gasteiger partial charge in [0.05, 0.1) is 18.1 Å². The maximum atomic E-state index is 12.9. The van der Waals surface area contributed by atoms with Gasteiger partial charge in [0.25, 0.3) is 5.91 Å². The van der Waals surface area contributed by atoms with Gasteiger partial charge >= 0.3 is 0 Å². The first-order valence-corrected chi connectivity index (χ1v) is 12.1. The summed E-state index contributed by atoms with van der Waals surface area (Å²) < 4.78 is 32.3. The van der Waals surface area contributed by atoms with Crippen LogP contribution < -0.4 is 4.90 Å². The Kier molecular flexibility index (Phi) is 7.69. The molecule has 0 saturated carbocycles. The number of carbonyl (C=O) groups excluding carboxylic acids is 1. The van der Waals surface area contributed by atoms with E-state index in [1.165, 1.54) is 16.4 Å². The van der Waals surface area contributed by atoms with Gasteiger partial charge in [-0.15, -0.1) is 0 Å². The van der Waals surface area contributed by atoms with E-state index in [1.54, 1.807) is 37.9 Å². The lowest BCUT2D eigenvalue weighted by Crippen LogP contribution is -2.36. The molecule has 1 heterocycles. The van der Waals surface area contributed by atoms with Gasteiger partial charge in [-0.05, 0) is 35.9 Å². The van der Waals surface area contributed by atoms with Crippen LogP contribution >= 0.6 is 0 Å². The largest absolute Gasteiger partial charge is 0.378 e. The number of amides is 1. The highest BCUT2D eigenvalue weighted by molar-refractivity contribution is 7.89. The number of sulfonamides is 1. The lowest BCUT2D eigenvalue weighted by Gasteiger charge is -2.29. The molecule has 8 heteroatoms. The van der Waals surface area contributed by atoms with Crippen molar-refractivity contribution in [1.82, 2.24) is 9.21 Å². The summed E-state index contributed by atoms with van der Waals surface area (Å²) in [5.74, 6) is -0.214. The van der Waals surface area contributed by atoms with Crippen molar-refractivity contribution in [2.75, 3.05) is 51.3 Å². The van der Waals surface area contributed by atoms with Crippen molar-refractivity contribution in [3.63, 3.8) is 0 Å². The number of carbonyl (C=O) groups is 1. The predicted octanol–water partition coefficient (Wildman–Crippen LogP) is 2.83. The van der Waals surface area contributed by atoms with Crippen molar-refractivity contribution < 1.29 is 17.9 Å². The van der Waals surface area contributed by atoms with Crippen LogP contribution in [0.5, 0.6) is 0 Å². The predicted molar refractivity (Wildman–Crippen MR) is 122 cm³/mol. The Labute approximate surface area is 185 Å². The van der Waals surface area contributed by atoms with Crippen molar-refractivity contribution in [3.8, 4) is 0 Å². The van der Waals surface area contributed by atoms with E-state index in [-0.39, 0.29) is 10.8 Å². The Morgan fingerprint density at radius 1 is 1.03 bits per heavy atom. The van der Waals surface area contributed by atoms with Crippen molar-refractivity contribution in [1.29, 1.82) is 0 Å². The molecule has 2 aromatic carbocycles. The number of anilines is 1. The zero-order chi connectivity index (χ0) is 22.4. The van der Waals surface area contributed by atoms with E-state index in [0.717, 1.165) is 37.6 Å². The molecule has 168 valence electrons. The van der Waals surface area contributed by atoms with E-state index >= 15 is 0 Å². The fraction of sp³-hybridized carbons (Fsp3) is 0.435. The van der Waals surface area contributed by atoms with Crippen molar-refractivity contribution >= 4 is 21.6 Å². The maximum absolute atomic E-state index is 12.9. The molecule has 1 aliphatic heterocycles. The summed E-state index contributed by atoms with van der Waals surface area (Å²) in [7, 11) is -1.88. The van der Waals surface area contributed by atoms with Crippen LogP contribution in [0.2, 0.25) is 0 Å². The van der Waals surface area contributed by atoms with Crippen LogP contribution in [0.1, 0.15) is 29.8 Å². The summed E-state index contributed by atoms with van der Waals surface area (Å²) in [6.07, 6.45) is 0. The van der Waals surface area contributed by atoms with Gasteiger partial charge in [-0.1, -0.05) is 32.0 Å². The fourth-order valence-corrected chi connectivity index (χ4v) is 5.21. The minimum atomic E-state index is -3.61. The lowest BCUT2D eigenvalue weighted by molar-refractivity contribution is 0.0785. The van der Waals surface area contributed by atoms with Gasteiger partial charge in [0.1, 0.15) is 0 Å². The van der Waals surface area contributed by atoms with Crippen LogP contribution in [0, 0.1) is 0 Å². The summed E-state index contributed by atoms with van der Waals surface area (Å²) in [6, 6.07) is 14.5. The summed E-state index contributed by atoms with van der Waals surface area (Å²) in [4.78, 5) is 17.0. The molecule has 0 bridgehead atoms. The van der Waals surface area contributed by atoms with E-state index in [4.69, 9.17) is 4.74 Å². The Morgan fingerprint density at radius 3 is 2.29 bits per heavy atom. The minimum absolute atomic E-state index is 0.144. The molecule has 1 saturated heterocycles. The fourth-order valence-electron chi connectivity index (χ4n) is 3.70. The van der Waals surface area contributed by atoms with Crippen molar-refractivity contribution in [3.05, 3.63) is 59.7 Å². The van der Waals surface area contributed by atoms with Gasteiger partial charge in [0, 0.05) is 51.0 Å². The SMILES string of the molecule is CCN(CC)S(=O)(=O)c1cccc(C(=O)N(C)Cc2ccc(N3CCOCC3)cc2)c1. The number of rotatable bonds is 8. The molecule has 1 aliphatic rings. The molecule has 0 atom stereocenters. The summed E-state index contributed by atoms with van der Waals surface area (Å²) in [5.41, 5.74) is 2.52. The van der Waals surface area contributed by atoms with Crippen LogP contribution in [-0.2, 0) is 21.3 Å². The molecule has 1 fully saturated rings. The number of ether oxygens (including phenoxy) is 1. The van der Waals surface area contributed by atoms with Crippen LogP contribution in [0.3, 0.4) is 0 Å². The quantitative estimate of drug-likeness (QED) is 0.625. The zero-order valence-electron chi connectivity index (χ0n) is 18.5. The third-order valence-electron chi connectivity index (χ3n) is 5.50. The number of nitrogens with zero attached hydrogens (tertiary/aromatic N) is 3. The van der Waals surface area contributed by atoms with Gasteiger partial charge in [-0.2, -0.15) is 4.31 Å². The van der Waals surface area contributed by atoms with Crippen molar-refractivity contribution in [2.24, 2.45) is 0 Å². The molecule has 0 radical (unpaired) electrons. The maximum Gasteiger partial charge on any atom is 0.253 e.